The van der Waals surface area contributed by atoms with Crippen molar-refractivity contribution in [2.75, 3.05) is 9.80 Å². The minimum absolute atomic E-state index is 0.0219. The van der Waals surface area contributed by atoms with Gasteiger partial charge in [0, 0.05) is 50.0 Å². The molecule has 0 aliphatic carbocycles. The van der Waals surface area contributed by atoms with Crippen LogP contribution in [0.25, 0.3) is 60.6 Å². The normalized spacial score (nSPS) is 13.6. The molecule has 4 heterocycles. The maximum atomic E-state index is 6.43. The quantitative estimate of drug-likeness (QED) is 0.164. The van der Waals surface area contributed by atoms with Gasteiger partial charge in [0.25, 0.3) is 6.71 Å². The van der Waals surface area contributed by atoms with Crippen molar-refractivity contribution < 1.29 is 4.42 Å². The van der Waals surface area contributed by atoms with E-state index < -0.39 is 0 Å². The van der Waals surface area contributed by atoms with Crippen LogP contribution in [0.15, 0.2) is 168 Å². The summed E-state index contributed by atoms with van der Waals surface area (Å²) in [5.74, 6) is 0. The predicted molar refractivity (Wildman–Crippen MR) is 323 cm³/mol. The van der Waals surface area contributed by atoms with Gasteiger partial charge in [0.2, 0.25) is 0 Å². The van der Waals surface area contributed by atoms with E-state index in [0.29, 0.717) is 0 Å². The van der Waals surface area contributed by atoms with Gasteiger partial charge >= 0.3 is 0 Å². The number of hydrogen-bond acceptors (Lipinski definition) is 3. The first kappa shape index (κ1) is 47.0. The molecule has 0 N–H and O–H groups in total. The van der Waals surface area contributed by atoms with Gasteiger partial charge in [-0.1, -0.05) is 153 Å². The summed E-state index contributed by atoms with van der Waals surface area (Å²) in [5.41, 5.74) is 27.8. The third-order valence-electron chi connectivity index (χ3n) is 16.7. The number of aryl methyl sites for hydroxylation is 4. The maximum Gasteiger partial charge on any atom is 0.252 e. The molecule has 370 valence electrons. The average molecular weight is 976 g/mol. The molecular formula is C70H66BN3O. The van der Waals surface area contributed by atoms with Crippen LogP contribution >= 0.6 is 0 Å². The number of fused-ring (bicyclic) bond motifs is 10. The van der Waals surface area contributed by atoms with Crippen LogP contribution in [-0.4, -0.2) is 11.3 Å². The van der Waals surface area contributed by atoms with Gasteiger partial charge < -0.3 is 18.8 Å². The Labute approximate surface area is 443 Å². The minimum Gasteiger partial charge on any atom is -0.456 e. The molecule has 2 aromatic heterocycles. The van der Waals surface area contributed by atoms with E-state index >= 15 is 0 Å². The topological polar surface area (TPSA) is 24.6 Å². The van der Waals surface area contributed by atoms with Crippen LogP contribution < -0.4 is 26.2 Å². The Balaban J connectivity index is 1.16. The molecule has 0 saturated heterocycles. The standard InChI is InChI=1S/C70H66BN3O/c1-41-21-19-22-42(2)66(41)74-59-40-58-53(52-35-46(68(5,6)7)29-31-56(52)72(58)49-23-15-14-16-24-49)39-55(59)71-54-36-47(69(8,9)10)30-32-57(54)73(60-37-48(70(11,12)13)38-61(74)65(60)71)67-43(3)33-45(34-44(67)4)50-26-20-28-63-64(50)51-25-17-18-27-62(51)75-63/h14-40H,1-13H3. The summed E-state index contributed by atoms with van der Waals surface area (Å²) >= 11 is 0. The van der Waals surface area contributed by atoms with Crippen LogP contribution in [0.4, 0.5) is 34.1 Å². The number of furan rings is 1. The largest absolute Gasteiger partial charge is 0.456 e. The molecule has 9 aromatic carbocycles. The highest BCUT2D eigenvalue weighted by molar-refractivity contribution is 7.00. The van der Waals surface area contributed by atoms with Crippen LogP contribution in [0.2, 0.25) is 0 Å². The fraction of sp³-hybridized carbons (Fsp3) is 0.229. The second kappa shape index (κ2) is 16.4. The molecule has 0 atom stereocenters. The van der Waals surface area contributed by atoms with Crippen molar-refractivity contribution in [2.45, 2.75) is 106 Å². The van der Waals surface area contributed by atoms with Gasteiger partial charge in [-0.05, 0) is 183 Å². The molecule has 2 aliphatic rings. The molecule has 0 fully saturated rings. The number of benzene rings is 9. The predicted octanol–water partition coefficient (Wildman–Crippen LogP) is 17.6. The lowest BCUT2D eigenvalue weighted by molar-refractivity contribution is 0.590. The van der Waals surface area contributed by atoms with Crippen molar-refractivity contribution in [3.8, 4) is 16.8 Å². The number of nitrogens with zero attached hydrogens (tertiary/aromatic N) is 3. The zero-order valence-electron chi connectivity index (χ0n) is 45.9. The third-order valence-corrected chi connectivity index (χ3v) is 16.7. The van der Waals surface area contributed by atoms with Gasteiger partial charge in [-0.25, -0.2) is 0 Å². The van der Waals surface area contributed by atoms with Crippen LogP contribution in [0, 0.1) is 27.7 Å². The lowest BCUT2D eigenvalue weighted by atomic mass is 9.33. The number of para-hydroxylation sites is 3. The summed E-state index contributed by atoms with van der Waals surface area (Å²) in [4.78, 5) is 5.31. The summed E-state index contributed by atoms with van der Waals surface area (Å²) in [5, 5.41) is 4.86. The molecule has 0 amide bonds. The van der Waals surface area contributed by atoms with Crippen LogP contribution in [-0.2, 0) is 16.2 Å². The highest BCUT2D eigenvalue weighted by Crippen LogP contribution is 2.51. The monoisotopic (exact) mass is 976 g/mol. The van der Waals surface area contributed by atoms with Crippen molar-refractivity contribution in [1.29, 1.82) is 0 Å². The Morgan fingerprint density at radius 2 is 0.960 bits per heavy atom. The van der Waals surface area contributed by atoms with Gasteiger partial charge in [0.15, 0.2) is 0 Å². The molecular weight excluding hydrogens is 910 g/mol. The molecule has 2 aliphatic heterocycles. The summed E-state index contributed by atoms with van der Waals surface area (Å²) < 4.78 is 8.94. The first-order valence-electron chi connectivity index (χ1n) is 27.0. The fourth-order valence-electron chi connectivity index (χ4n) is 12.9. The van der Waals surface area contributed by atoms with E-state index in [-0.39, 0.29) is 23.0 Å². The Hall–Kier alpha value is -7.76. The smallest absolute Gasteiger partial charge is 0.252 e. The lowest BCUT2D eigenvalue weighted by Crippen LogP contribution is -2.61. The number of aromatic nitrogens is 1. The summed E-state index contributed by atoms with van der Waals surface area (Å²) in [7, 11) is 0. The first-order valence-corrected chi connectivity index (χ1v) is 27.0. The highest BCUT2D eigenvalue weighted by Gasteiger charge is 2.46. The van der Waals surface area contributed by atoms with Crippen LogP contribution in [0.3, 0.4) is 0 Å². The highest BCUT2D eigenvalue weighted by atomic mass is 16.3. The SMILES string of the molecule is Cc1cc(-c2cccc3oc4ccccc4c23)cc(C)c1N1c2ccc(C(C)(C)C)cc2B2c3cc4c5cc(C(C)(C)C)ccc5n(-c5ccccc5)c4cc3N(c3c(C)cccc3C)c3cc(C(C)(C)C)cc1c32. The van der Waals surface area contributed by atoms with Crippen LogP contribution in [0.5, 0.6) is 0 Å². The lowest BCUT2D eigenvalue weighted by Gasteiger charge is -2.46. The van der Waals surface area contributed by atoms with E-state index in [4.69, 9.17) is 4.42 Å². The zero-order chi connectivity index (χ0) is 52.2. The molecule has 0 spiro atoms. The molecule has 4 nitrogen and oxygen atoms in total. The van der Waals surface area contributed by atoms with Gasteiger partial charge in [0.1, 0.15) is 11.2 Å². The Bertz CT molecular complexity index is 4140. The first-order chi connectivity index (χ1) is 35.8. The van der Waals surface area contributed by atoms with Gasteiger partial charge in [0.05, 0.1) is 22.4 Å². The molecule has 11 aromatic rings. The average Bonchev–Trinajstić information content (AvgIpc) is 3.99. The molecule has 0 unspecified atom stereocenters. The molecule has 0 bridgehead atoms. The van der Waals surface area contributed by atoms with Gasteiger partial charge in [-0.3, -0.25) is 0 Å². The number of hydrogen-bond donors (Lipinski definition) is 0. The number of rotatable bonds is 4. The maximum absolute atomic E-state index is 6.43. The van der Waals surface area contributed by atoms with E-state index in [2.05, 4.69) is 268 Å². The molecule has 75 heavy (non-hydrogen) atoms. The summed E-state index contributed by atoms with van der Waals surface area (Å²) in [6.07, 6.45) is 0. The molecule has 0 saturated carbocycles. The zero-order valence-corrected chi connectivity index (χ0v) is 45.9. The van der Waals surface area contributed by atoms with Crippen molar-refractivity contribution in [1.82, 2.24) is 4.57 Å². The Kier molecular flexibility index (Phi) is 10.3. The minimum atomic E-state index is -0.162. The van der Waals surface area contributed by atoms with E-state index in [0.717, 1.165) is 27.6 Å². The second-order valence-electron chi connectivity index (χ2n) is 24.9. The molecule has 0 radical (unpaired) electrons. The Morgan fingerprint density at radius 3 is 1.64 bits per heavy atom. The van der Waals surface area contributed by atoms with Crippen molar-refractivity contribution in [2.24, 2.45) is 0 Å². The fourth-order valence-corrected chi connectivity index (χ4v) is 12.9. The van der Waals surface area contributed by atoms with Crippen molar-refractivity contribution in [3.63, 3.8) is 0 Å². The van der Waals surface area contributed by atoms with Crippen molar-refractivity contribution in [3.05, 3.63) is 203 Å². The van der Waals surface area contributed by atoms with E-state index in [1.165, 1.54) is 122 Å². The molecule has 5 heteroatoms. The van der Waals surface area contributed by atoms with Crippen molar-refractivity contribution >= 4 is 101 Å². The van der Waals surface area contributed by atoms with E-state index in [1.54, 1.807) is 0 Å². The second-order valence-corrected chi connectivity index (χ2v) is 24.9. The van der Waals surface area contributed by atoms with E-state index in [9.17, 15) is 0 Å². The van der Waals surface area contributed by atoms with Gasteiger partial charge in [-0.2, -0.15) is 0 Å². The summed E-state index contributed by atoms with van der Waals surface area (Å²) in [6, 6.07) is 62.3. The third kappa shape index (κ3) is 7.17. The summed E-state index contributed by atoms with van der Waals surface area (Å²) in [6.45, 7) is 30.3. The Morgan fingerprint density at radius 1 is 0.400 bits per heavy atom. The molecule has 13 rings (SSSR count). The van der Waals surface area contributed by atoms with Gasteiger partial charge in [-0.15, -0.1) is 0 Å². The van der Waals surface area contributed by atoms with E-state index in [1.807, 2.05) is 0 Å². The number of anilines is 6. The van der Waals surface area contributed by atoms with Crippen LogP contribution in [0.1, 0.15) is 101 Å².